The van der Waals surface area contributed by atoms with Crippen molar-refractivity contribution in [1.82, 2.24) is 5.32 Å². The van der Waals surface area contributed by atoms with Crippen LogP contribution in [0.15, 0.2) is 24.3 Å². The summed E-state index contributed by atoms with van der Waals surface area (Å²) in [6.45, 7) is 10.0. The molecule has 0 aliphatic heterocycles. The van der Waals surface area contributed by atoms with Crippen LogP contribution in [0.1, 0.15) is 33.3 Å². The second kappa shape index (κ2) is 5.70. The van der Waals surface area contributed by atoms with Gasteiger partial charge in [-0.15, -0.1) is 0 Å². The highest BCUT2D eigenvalue weighted by Gasteiger charge is 2.11. The van der Waals surface area contributed by atoms with E-state index in [9.17, 15) is 0 Å². The molecule has 0 aliphatic rings. The van der Waals surface area contributed by atoms with Crippen molar-refractivity contribution < 1.29 is 0 Å². The molecule has 1 rings (SSSR count). The smallest absolute Gasteiger partial charge is 0.0406 e. The van der Waals surface area contributed by atoms with Crippen molar-refractivity contribution in [3.63, 3.8) is 0 Å². The van der Waals surface area contributed by atoms with Gasteiger partial charge in [0, 0.05) is 17.6 Å². The minimum atomic E-state index is 0.342. The Kier molecular flexibility index (Phi) is 4.82. The van der Waals surface area contributed by atoms with Gasteiger partial charge in [0.25, 0.3) is 0 Å². The van der Waals surface area contributed by atoms with Gasteiger partial charge >= 0.3 is 0 Å². The standard InChI is InChI=1S/C14H22ClN/c1-11(16-10-14(2,3)4)9-12-5-7-13(15)8-6-12/h5-8,11,16H,9-10H2,1-4H3. The molecule has 1 unspecified atom stereocenters. The molecule has 1 atom stereocenters. The zero-order valence-corrected chi connectivity index (χ0v) is 11.4. The van der Waals surface area contributed by atoms with Crippen molar-refractivity contribution in [2.45, 2.75) is 40.2 Å². The average Bonchev–Trinajstić information content (AvgIpc) is 2.18. The molecule has 0 heterocycles. The summed E-state index contributed by atoms with van der Waals surface area (Å²) < 4.78 is 0. The third-order valence-corrected chi connectivity index (χ3v) is 2.69. The van der Waals surface area contributed by atoms with Crippen molar-refractivity contribution in [2.75, 3.05) is 6.54 Å². The molecule has 0 bridgehead atoms. The Hall–Kier alpha value is -0.530. The van der Waals surface area contributed by atoms with Crippen molar-refractivity contribution in [1.29, 1.82) is 0 Å². The second-order valence-corrected chi connectivity index (χ2v) is 6.11. The van der Waals surface area contributed by atoms with Crippen LogP contribution in [0.4, 0.5) is 0 Å². The molecular weight excluding hydrogens is 218 g/mol. The van der Waals surface area contributed by atoms with Gasteiger partial charge in [0.05, 0.1) is 0 Å². The molecule has 2 heteroatoms. The molecule has 0 aromatic heterocycles. The van der Waals surface area contributed by atoms with E-state index >= 15 is 0 Å². The van der Waals surface area contributed by atoms with Crippen LogP contribution in [0.3, 0.4) is 0 Å². The van der Waals surface area contributed by atoms with Crippen LogP contribution in [0, 0.1) is 5.41 Å². The van der Waals surface area contributed by atoms with E-state index in [1.165, 1.54) is 5.56 Å². The fraction of sp³-hybridized carbons (Fsp3) is 0.571. The Morgan fingerprint density at radius 1 is 1.19 bits per heavy atom. The van der Waals surface area contributed by atoms with Crippen LogP contribution in [-0.2, 0) is 6.42 Å². The predicted molar refractivity (Wildman–Crippen MR) is 72.1 cm³/mol. The van der Waals surface area contributed by atoms with E-state index in [1.807, 2.05) is 12.1 Å². The third kappa shape index (κ3) is 5.53. The molecule has 16 heavy (non-hydrogen) atoms. The van der Waals surface area contributed by atoms with Gasteiger partial charge in [-0.2, -0.15) is 0 Å². The summed E-state index contributed by atoms with van der Waals surface area (Å²) in [5.74, 6) is 0. The summed E-state index contributed by atoms with van der Waals surface area (Å²) in [5.41, 5.74) is 1.67. The monoisotopic (exact) mass is 239 g/mol. The molecule has 1 aromatic carbocycles. The highest BCUT2D eigenvalue weighted by Crippen LogP contribution is 2.13. The molecule has 0 radical (unpaired) electrons. The van der Waals surface area contributed by atoms with Gasteiger partial charge in [0.1, 0.15) is 0 Å². The third-order valence-electron chi connectivity index (χ3n) is 2.44. The van der Waals surface area contributed by atoms with E-state index < -0.39 is 0 Å². The SMILES string of the molecule is CC(Cc1ccc(Cl)cc1)NCC(C)(C)C. The van der Waals surface area contributed by atoms with E-state index in [2.05, 4.69) is 45.1 Å². The topological polar surface area (TPSA) is 12.0 Å². The lowest BCUT2D eigenvalue weighted by molar-refractivity contribution is 0.356. The van der Waals surface area contributed by atoms with Gasteiger partial charge in [-0.25, -0.2) is 0 Å². The minimum Gasteiger partial charge on any atom is -0.313 e. The summed E-state index contributed by atoms with van der Waals surface area (Å²) in [6.07, 6.45) is 1.05. The molecule has 0 amide bonds. The lowest BCUT2D eigenvalue weighted by Crippen LogP contribution is -2.35. The maximum Gasteiger partial charge on any atom is 0.0406 e. The Labute approximate surface area is 104 Å². The molecule has 0 saturated carbocycles. The fourth-order valence-corrected chi connectivity index (χ4v) is 1.65. The van der Waals surface area contributed by atoms with Gasteiger partial charge in [-0.1, -0.05) is 44.5 Å². The Balaban J connectivity index is 2.39. The molecule has 0 aliphatic carbocycles. The summed E-state index contributed by atoms with van der Waals surface area (Å²) in [6, 6.07) is 8.59. The van der Waals surface area contributed by atoms with Crippen LogP contribution in [0.25, 0.3) is 0 Å². The first-order valence-corrected chi connectivity index (χ1v) is 6.22. The average molecular weight is 240 g/mol. The summed E-state index contributed by atoms with van der Waals surface area (Å²) >= 11 is 5.85. The Morgan fingerprint density at radius 3 is 2.25 bits per heavy atom. The predicted octanol–water partition coefficient (Wildman–Crippen LogP) is 3.91. The number of nitrogens with one attached hydrogen (secondary N) is 1. The van der Waals surface area contributed by atoms with E-state index in [-0.39, 0.29) is 0 Å². The van der Waals surface area contributed by atoms with Gasteiger partial charge in [0.2, 0.25) is 0 Å². The van der Waals surface area contributed by atoms with Crippen molar-refractivity contribution in [3.8, 4) is 0 Å². The van der Waals surface area contributed by atoms with Gasteiger partial charge < -0.3 is 5.32 Å². The van der Waals surface area contributed by atoms with E-state index in [0.717, 1.165) is 18.0 Å². The van der Waals surface area contributed by atoms with Crippen LogP contribution < -0.4 is 5.32 Å². The van der Waals surface area contributed by atoms with Crippen molar-refractivity contribution in [3.05, 3.63) is 34.9 Å². The van der Waals surface area contributed by atoms with Gasteiger partial charge in [-0.05, 0) is 36.5 Å². The number of halogens is 1. The van der Waals surface area contributed by atoms with Gasteiger partial charge in [0.15, 0.2) is 0 Å². The molecular formula is C14H22ClN. The van der Waals surface area contributed by atoms with Crippen LogP contribution in [0.2, 0.25) is 5.02 Å². The molecule has 0 spiro atoms. The highest BCUT2D eigenvalue weighted by atomic mass is 35.5. The lowest BCUT2D eigenvalue weighted by Gasteiger charge is -2.22. The molecule has 0 saturated heterocycles. The molecule has 0 fully saturated rings. The van der Waals surface area contributed by atoms with E-state index in [1.54, 1.807) is 0 Å². The van der Waals surface area contributed by atoms with Crippen LogP contribution in [-0.4, -0.2) is 12.6 Å². The van der Waals surface area contributed by atoms with Crippen molar-refractivity contribution >= 4 is 11.6 Å². The number of benzene rings is 1. The van der Waals surface area contributed by atoms with E-state index in [0.29, 0.717) is 11.5 Å². The quantitative estimate of drug-likeness (QED) is 0.840. The molecule has 1 aromatic rings. The Bertz CT molecular complexity index is 311. The maximum absolute atomic E-state index is 5.85. The normalized spacial score (nSPS) is 13.8. The minimum absolute atomic E-state index is 0.342. The first-order chi connectivity index (χ1) is 7.37. The first-order valence-electron chi connectivity index (χ1n) is 5.85. The fourth-order valence-electron chi connectivity index (χ4n) is 1.53. The van der Waals surface area contributed by atoms with Crippen molar-refractivity contribution in [2.24, 2.45) is 5.41 Å². The van der Waals surface area contributed by atoms with Gasteiger partial charge in [-0.3, -0.25) is 0 Å². The number of hydrogen-bond donors (Lipinski definition) is 1. The highest BCUT2D eigenvalue weighted by molar-refractivity contribution is 6.30. The molecule has 90 valence electrons. The van der Waals surface area contributed by atoms with E-state index in [4.69, 9.17) is 11.6 Å². The molecule has 1 N–H and O–H groups in total. The number of rotatable bonds is 4. The zero-order valence-electron chi connectivity index (χ0n) is 10.7. The summed E-state index contributed by atoms with van der Waals surface area (Å²) in [5, 5.41) is 4.36. The summed E-state index contributed by atoms with van der Waals surface area (Å²) in [4.78, 5) is 0. The largest absolute Gasteiger partial charge is 0.313 e. The molecule has 1 nitrogen and oxygen atoms in total. The van der Waals surface area contributed by atoms with Crippen LogP contribution >= 0.6 is 11.6 Å². The lowest BCUT2D eigenvalue weighted by atomic mass is 9.96. The second-order valence-electron chi connectivity index (χ2n) is 5.67. The first kappa shape index (κ1) is 13.5. The number of hydrogen-bond acceptors (Lipinski definition) is 1. The Morgan fingerprint density at radius 2 is 1.75 bits per heavy atom. The maximum atomic E-state index is 5.85. The zero-order chi connectivity index (χ0) is 12.2. The van der Waals surface area contributed by atoms with Crippen LogP contribution in [0.5, 0.6) is 0 Å². The summed E-state index contributed by atoms with van der Waals surface area (Å²) in [7, 11) is 0.